The zero-order valence-electron chi connectivity index (χ0n) is 59.9. The third-order valence-corrected chi connectivity index (χ3v) is 18.8. The molecule has 0 radical (unpaired) electrons. The maximum atomic E-state index is 5.10. The average molecular weight is 1230 g/mol. The highest BCUT2D eigenvalue weighted by atomic mass is 14.9. The largest absolute Gasteiger partial charge is 0.261 e. The standard InChI is InChI=1S/C33H37N2.2C27H31N2/c1-21-24-11-9-10-12-25(24)28(33(5,6)7)19-27(21)31-30-22(17-18-35(31)8)13-16-29-26(30)15-14-23(34-29)20-32(2,3)4;1-17-14-18(2)19(3)23(15-17)26-25-20(12-13-29(26)7)8-11-24-22(25)10-9-21(28-24)16-27(4,5)6;1-17-14-18(2)19(3)23(15-17)26-25-20(11-13-29(26)7)8-9-21-22(25)10-12-28-24(21)16-27(4,5)6/h9-19H,20H2,1-8H3;2*8-15H,16H2,1-7H3/q3*+1. The van der Waals surface area contributed by atoms with Crippen molar-refractivity contribution in [3.05, 3.63) is 226 Å². The van der Waals surface area contributed by atoms with E-state index >= 15 is 0 Å². The molecule has 13 aromatic rings. The molecule has 6 nitrogen and oxygen atoms in total. The van der Waals surface area contributed by atoms with E-state index in [1.165, 1.54) is 149 Å². The molecule has 0 spiro atoms. The molecule has 6 aromatic heterocycles. The van der Waals surface area contributed by atoms with Gasteiger partial charge in [0.15, 0.2) is 18.6 Å². The summed E-state index contributed by atoms with van der Waals surface area (Å²) in [5, 5.41) is 15.4. The minimum absolute atomic E-state index is 0.0384. The van der Waals surface area contributed by atoms with E-state index in [1.54, 1.807) is 0 Å². The highest BCUT2D eigenvalue weighted by molar-refractivity contribution is 6.15. The van der Waals surface area contributed by atoms with Crippen LogP contribution in [0.5, 0.6) is 0 Å². The van der Waals surface area contributed by atoms with Gasteiger partial charge in [-0.3, -0.25) is 15.0 Å². The summed E-state index contributed by atoms with van der Waals surface area (Å²) in [7, 11) is 6.47. The molecule has 0 aliphatic rings. The topological polar surface area (TPSA) is 50.3 Å². The predicted molar refractivity (Wildman–Crippen MR) is 396 cm³/mol. The van der Waals surface area contributed by atoms with Gasteiger partial charge in [-0.15, -0.1) is 0 Å². The number of aryl methyl sites for hydroxylation is 8. The van der Waals surface area contributed by atoms with Crippen LogP contribution in [0.4, 0.5) is 0 Å². The Hall–Kier alpha value is -8.74. The second-order valence-corrected chi connectivity index (χ2v) is 31.6. The monoisotopic (exact) mass is 1230 g/mol. The zero-order valence-corrected chi connectivity index (χ0v) is 59.9. The maximum Gasteiger partial charge on any atom is 0.221 e. The Labute approximate surface area is 554 Å². The van der Waals surface area contributed by atoms with Gasteiger partial charge in [-0.05, 0) is 204 Å². The minimum Gasteiger partial charge on any atom is -0.261 e. The van der Waals surface area contributed by atoms with Crippen molar-refractivity contribution in [2.75, 3.05) is 0 Å². The fraction of sp³-hybridized carbons (Fsp3) is 0.333. The lowest BCUT2D eigenvalue weighted by Gasteiger charge is -2.24. The third kappa shape index (κ3) is 13.6. The molecular weight excluding hydrogens is 1130 g/mol. The molecule has 0 bridgehead atoms. The van der Waals surface area contributed by atoms with Crippen molar-refractivity contribution >= 4 is 75.7 Å². The molecule has 13 rings (SSSR count). The van der Waals surface area contributed by atoms with E-state index in [2.05, 4.69) is 325 Å². The lowest BCUT2D eigenvalue weighted by atomic mass is 9.80. The van der Waals surface area contributed by atoms with Crippen LogP contribution in [-0.2, 0) is 45.8 Å². The molecule has 6 heterocycles. The predicted octanol–water partition coefficient (Wildman–Crippen LogP) is 21.0. The normalized spacial score (nSPS) is 12.3. The summed E-state index contributed by atoms with van der Waals surface area (Å²) in [4.78, 5) is 14.9. The first-order valence-corrected chi connectivity index (χ1v) is 33.5. The van der Waals surface area contributed by atoms with E-state index in [0.717, 1.165) is 41.7 Å². The maximum absolute atomic E-state index is 5.10. The van der Waals surface area contributed by atoms with Gasteiger partial charge in [0.2, 0.25) is 17.1 Å². The second-order valence-electron chi connectivity index (χ2n) is 31.6. The fourth-order valence-electron chi connectivity index (χ4n) is 14.3. The van der Waals surface area contributed by atoms with E-state index in [1.807, 2.05) is 6.20 Å². The number of hydrogen-bond donors (Lipinski definition) is 0. The molecule has 93 heavy (non-hydrogen) atoms. The number of aromatic nitrogens is 6. The summed E-state index contributed by atoms with van der Waals surface area (Å²) < 4.78 is 6.81. The first kappa shape index (κ1) is 65.7. The molecule has 0 aliphatic carbocycles. The first-order chi connectivity index (χ1) is 43.7. The van der Waals surface area contributed by atoms with E-state index in [9.17, 15) is 0 Å². The highest BCUT2D eigenvalue weighted by Gasteiger charge is 2.28. The summed E-state index contributed by atoms with van der Waals surface area (Å²) >= 11 is 0. The molecule has 0 aliphatic heterocycles. The smallest absolute Gasteiger partial charge is 0.221 e. The van der Waals surface area contributed by atoms with Crippen molar-refractivity contribution in [1.82, 2.24) is 15.0 Å². The molecule has 0 unspecified atom stereocenters. The number of benzene rings is 7. The van der Waals surface area contributed by atoms with Gasteiger partial charge in [0.1, 0.15) is 21.1 Å². The van der Waals surface area contributed by atoms with Crippen molar-refractivity contribution in [3.63, 3.8) is 0 Å². The SMILES string of the molecule is Cc1c(-c2c3c(ccc4nc(CC(C)(C)C)ccc43)cc[n+]2C)cc(C(C)(C)C)c2ccccc12.Cc1cc(C)c(C)c(-c2c3c(ccc4c(CC(C)(C)C)nccc43)cc[n+]2C)c1.Cc1cc(C)c(C)c(-c2c3c(ccc4nc(CC(C)(C)C)ccc43)cc[n+]2C)c1. The number of rotatable bonds is 6. The van der Waals surface area contributed by atoms with E-state index in [4.69, 9.17) is 15.0 Å². The van der Waals surface area contributed by atoms with Crippen molar-refractivity contribution in [3.8, 4) is 33.8 Å². The van der Waals surface area contributed by atoms with Crippen LogP contribution in [0.15, 0.2) is 164 Å². The van der Waals surface area contributed by atoms with E-state index in [0.29, 0.717) is 0 Å². The van der Waals surface area contributed by atoms with Crippen molar-refractivity contribution in [1.29, 1.82) is 0 Å². The average Bonchev–Trinajstić information content (AvgIpc) is 1.04. The molecule has 6 heteroatoms. The van der Waals surface area contributed by atoms with Gasteiger partial charge in [0, 0.05) is 57.6 Å². The second kappa shape index (κ2) is 25.0. The number of pyridine rings is 6. The van der Waals surface area contributed by atoms with Crippen LogP contribution in [0.25, 0.3) is 109 Å². The summed E-state index contributed by atoms with van der Waals surface area (Å²) in [6.45, 7) is 42.9. The Kier molecular flexibility index (Phi) is 17.6. The van der Waals surface area contributed by atoms with Gasteiger partial charge in [-0.1, -0.05) is 167 Å². The van der Waals surface area contributed by atoms with Gasteiger partial charge >= 0.3 is 0 Å². The summed E-state index contributed by atoms with van der Waals surface area (Å²) in [6, 6.07) is 51.6. The summed E-state index contributed by atoms with van der Waals surface area (Å²) in [5.74, 6) is 0. The third-order valence-electron chi connectivity index (χ3n) is 18.8. The lowest BCUT2D eigenvalue weighted by molar-refractivity contribution is -0.659. The zero-order chi connectivity index (χ0) is 67.0. The molecule has 0 fully saturated rings. The van der Waals surface area contributed by atoms with Crippen LogP contribution in [0.3, 0.4) is 0 Å². The molecule has 0 amide bonds. The van der Waals surface area contributed by atoms with Crippen LogP contribution in [0.1, 0.15) is 145 Å². The van der Waals surface area contributed by atoms with Crippen molar-refractivity contribution in [2.24, 2.45) is 37.4 Å². The molecule has 0 N–H and O–H groups in total. The Morgan fingerprint density at radius 2 is 0.753 bits per heavy atom. The van der Waals surface area contributed by atoms with Gasteiger partial charge < -0.3 is 0 Å². The quantitative estimate of drug-likeness (QED) is 0.123. The van der Waals surface area contributed by atoms with Crippen LogP contribution in [0, 0.1) is 64.7 Å². The van der Waals surface area contributed by atoms with E-state index in [-0.39, 0.29) is 21.7 Å². The Morgan fingerprint density at radius 3 is 1.18 bits per heavy atom. The molecule has 474 valence electrons. The van der Waals surface area contributed by atoms with Crippen LogP contribution in [0.2, 0.25) is 0 Å². The Morgan fingerprint density at radius 1 is 0.355 bits per heavy atom. The molecule has 7 aromatic carbocycles. The highest BCUT2D eigenvalue weighted by Crippen LogP contribution is 2.42. The summed E-state index contributed by atoms with van der Waals surface area (Å²) in [6.07, 6.45) is 11.4. The fourth-order valence-corrected chi connectivity index (χ4v) is 14.3. The van der Waals surface area contributed by atoms with Crippen molar-refractivity contribution in [2.45, 2.75) is 156 Å². The van der Waals surface area contributed by atoms with Crippen LogP contribution >= 0.6 is 0 Å². The van der Waals surface area contributed by atoms with E-state index < -0.39 is 0 Å². The first-order valence-electron chi connectivity index (χ1n) is 33.5. The molecular formula is C87H99N6+3. The van der Waals surface area contributed by atoms with Gasteiger partial charge in [0.25, 0.3) is 0 Å². The van der Waals surface area contributed by atoms with Crippen LogP contribution in [-0.4, -0.2) is 15.0 Å². The molecule has 0 atom stereocenters. The minimum atomic E-state index is 0.0384. The van der Waals surface area contributed by atoms with Gasteiger partial charge in [-0.2, -0.15) is 0 Å². The number of nitrogens with zero attached hydrogens (tertiary/aromatic N) is 6. The van der Waals surface area contributed by atoms with Gasteiger partial charge in [-0.25, -0.2) is 13.7 Å². The molecule has 0 saturated carbocycles. The number of fused-ring (bicyclic) bond motifs is 10. The Balaban J connectivity index is 0.000000144. The lowest BCUT2D eigenvalue weighted by Crippen LogP contribution is -2.31. The molecule has 0 saturated heterocycles. The Bertz CT molecular complexity index is 5090. The van der Waals surface area contributed by atoms with Gasteiger partial charge in [0.05, 0.1) is 43.9 Å². The van der Waals surface area contributed by atoms with Crippen molar-refractivity contribution < 1.29 is 13.7 Å². The van der Waals surface area contributed by atoms with Crippen LogP contribution < -0.4 is 13.7 Å². The summed E-state index contributed by atoms with van der Waals surface area (Å²) in [5.41, 5.74) is 24.7. The number of hydrogen-bond acceptors (Lipinski definition) is 3.